The molecule has 1 heterocycles. The third-order valence-corrected chi connectivity index (χ3v) is 3.58. The van der Waals surface area contributed by atoms with Gasteiger partial charge < -0.3 is 20.6 Å². The number of aliphatic hydroxyl groups excluding tert-OH is 1. The molecule has 0 aliphatic carbocycles. The van der Waals surface area contributed by atoms with Crippen LogP contribution >= 0.6 is 0 Å². The number of urea groups is 1. The predicted molar refractivity (Wildman–Crippen MR) is 81.3 cm³/mol. The molecular weight excluding hydrogens is 254 g/mol. The van der Waals surface area contributed by atoms with Crippen LogP contribution in [0.15, 0.2) is 18.2 Å². The van der Waals surface area contributed by atoms with E-state index in [4.69, 9.17) is 5.11 Å². The quantitative estimate of drug-likeness (QED) is 0.789. The van der Waals surface area contributed by atoms with Crippen molar-refractivity contribution in [2.75, 3.05) is 29.9 Å². The number of aliphatic hydroxyl groups is 1. The van der Waals surface area contributed by atoms with Crippen LogP contribution in [0, 0.1) is 6.92 Å². The van der Waals surface area contributed by atoms with Crippen molar-refractivity contribution in [2.45, 2.75) is 32.7 Å². The molecule has 1 aromatic rings. The number of aryl methyl sites for hydroxylation is 1. The molecule has 1 aliphatic heterocycles. The second-order valence-corrected chi connectivity index (χ2v) is 5.38. The molecule has 1 aliphatic rings. The van der Waals surface area contributed by atoms with Gasteiger partial charge in [-0.25, -0.2) is 4.79 Å². The van der Waals surface area contributed by atoms with Crippen LogP contribution in [0.2, 0.25) is 0 Å². The Kier molecular flexibility index (Phi) is 4.84. The summed E-state index contributed by atoms with van der Waals surface area (Å²) >= 11 is 0. The van der Waals surface area contributed by atoms with Gasteiger partial charge in [-0.3, -0.25) is 0 Å². The topological polar surface area (TPSA) is 64.6 Å². The fourth-order valence-electron chi connectivity index (χ4n) is 2.39. The fourth-order valence-corrected chi connectivity index (χ4v) is 2.39. The zero-order valence-corrected chi connectivity index (χ0v) is 12.1. The maximum atomic E-state index is 11.7. The number of benzene rings is 1. The lowest BCUT2D eigenvalue weighted by Crippen LogP contribution is -2.38. The number of carbonyl (C=O) groups is 1. The lowest BCUT2D eigenvalue weighted by molar-refractivity contribution is 0.229. The molecule has 0 spiro atoms. The Labute approximate surface area is 120 Å². The van der Waals surface area contributed by atoms with Crippen LogP contribution in [-0.2, 0) is 0 Å². The average Bonchev–Trinajstić information content (AvgIpc) is 2.94. The molecule has 20 heavy (non-hydrogen) atoms. The molecule has 0 radical (unpaired) electrons. The Bertz CT molecular complexity index is 470. The maximum absolute atomic E-state index is 11.7. The Hall–Kier alpha value is -1.75. The minimum absolute atomic E-state index is 0.0691. The van der Waals surface area contributed by atoms with Gasteiger partial charge >= 0.3 is 6.03 Å². The lowest BCUT2D eigenvalue weighted by Gasteiger charge is -2.19. The minimum atomic E-state index is -0.288. The monoisotopic (exact) mass is 277 g/mol. The van der Waals surface area contributed by atoms with E-state index in [9.17, 15) is 4.79 Å². The maximum Gasteiger partial charge on any atom is 0.319 e. The number of nitrogens with one attached hydrogen (secondary N) is 2. The van der Waals surface area contributed by atoms with Crippen molar-refractivity contribution in [1.82, 2.24) is 5.32 Å². The highest BCUT2D eigenvalue weighted by atomic mass is 16.3. The Balaban J connectivity index is 2.00. The molecule has 3 N–H and O–H groups in total. The first-order valence-corrected chi connectivity index (χ1v) is 7.14. The van der Waals surface area contributed by atoms with Crippen molar-refractivity contribution < 1.29 is 9.90 Å². The van der Waals surface area contributed by atoms with E-state index in [0.29, 0.717) is 0 Å². The van der Waals surface area contributed by atoms with Gasteiger partial charge in [0.2, 0.25) is 0 Å². The van der Waals surface area contributed by atoms with Gasteiger partial charge in [-0.15, -0.1) is 0 Å². The first-order valence-electron chi connectivity index (χ1n) is 7.14. The van der Waals surface area contributed by atoms with Crippen LogP contribution < -0.4 is 15.5 Å². The van der Waals surface area contributed by atoms with Crippen LogP contribution in [0.25, 0.3) is 0 Å². The second-order valence-electron chi connectivity index (χ2n) is 5.38. The van der Waals surface area contributed by atoms with Crippen LogP contribution in [-0.4, -0.2) is 36.9 Å². The van der Waals surface area contributed by atoms with Gasteiger partial charge in [0, 0.05) is 24.5 Å². The molecule has 0 bridgehead atoms. The van der Waals surface area contributed by atoms with E-state index in [-0.39, 0.29) is 18.7 Å². The van der Waals surface area contributed by atoms with Gasteiger partial charge in [0.1, 0.15) is 0 Å². The lowest BCUT2D eigenvalue weighted by atomic mass is 10.1. The van der Waals surface area contributed by atoms with Crippen molar-refractivity contribution in [1.29, 1.82) is 0 Å². The summed E-state index contributed by atoms with van der Waals surface area (Å²) < 4.78 is 0. The molecule has 5 nitrogen and oxygen atoms in total. The van der Waals surface area contributed by atoms with Gasteiger partial charge in [-0.05, 0) is 50.5 Å². The van der Waals surface area contributed by atoms with Gasteiger partial charge in [0.15, 0.2) is 0 Å². The molecule has 110 valence electrons. The van der Waals surface area contributed by atoms with Crippen molar-refractivity contribution in [3.8, 4) is 0 Å². The summed E-state index contributed by atoms with van der Waals surface area (Å²) in [4.78, 5) is 14.1. The van der Waals surface area contributed by atoms with E-state index in [1.54, 1.807) is 6.92 Å². The molecule has 2 rings (SSSR count). The zero-order chi connectivity index (χ0) is 14.5. The summed E-state index contributed by atoms with van der Waals surface area (Å²) in [7, 11) is 0. The van der Waals surface area contributed by atoms with Crippen molar-refractivity contribution >= 4 is 17.4 Å². The third kappa shape index (κ3) is 3.63. The van der Waals surface area contributed by atoms with E-state index in [1.165, 1.54) is 18.5 Å². The highest BCUT2D eigenvalue weighted by Crippen LogP contribution is 2.25. The molecule has 1 fully saturated rings. The smallest absolute Gasteiger partial charge is 0.319 e. The second kappa shape index (κ2) is 6.61. The first-order chi connectivity index (χ1) is 9.60. The first kappa shape index (κ1) is 14.7. The van der Waals surface area contributed by atoms with Gasteiger partial charge in [-0.2, -0.15) is 0 Å². The molecule has 1 atom stereocenters. The average molecular weight is 277 g/mol. The summed E-state index contributed by atoms with van der Waals surface area (Å²) in [6, 6.07) is 5.55. The van der Waals surface area contributed by atoms with Crippen LogP contribution in [0.4, 0.5) is 16.2 Å². The number of nitrogens with zero attached hydrogens (tertiary/aromatic N) is 1. The molecule has 1 aromatic carbocycles. The standard InChI is InChI=1S/C15H23N3O2/c1-11-9-13(18-7-3-4-8-18)5-6-14(11)17-15(20)16-12(2)10-19/h5-6,9,12,19H,3-4,7-8,10H2,1-2H3,(H2,16,17,20). The SMILES string of the molecule is Cc1cc(N2CCCC2)ccc1NC(=O)NC(C)CO. The summed E-state index contributed by atoms with van der Waals surface area (Å²) in [6.45, 7) is 5.90. The third-order valence-electron chi connectivity index (χ3n) is 3.58. The highest BCUT2D eigenvalue weighted by molar-refractivity contribution is 5.90. The molecule has 1 unspecified atom stereocenters. The normalized spacial score (nSPS) is 16.1. The van der Waals surface area contributed by atoms with Crippen molar-refractivity contribution in [3.05, 3.63) is 23.8 Å². The van der Waals surface area contributed by atoms with E-state index in [0.717, 1.165) is 24.3 Å². The molecule has 5 heteroatoms. The van der Waals surface area contributed by atoms with E-state index in [2.05, 4.69) is 21.6 Å². The Morgan fingerprint density at radius 3 is 2.70 bits per heavy atom. The predicted octanol–water partition coefficient (Wildman–Crippen LogP) is 2.10. The number of rotatable bonds is 4. The Morgan fingerprint density at radius 2 is 2.10 bits per heavy atom. The van der Waals surface area contributed by atoms with Crippen molar-refractivity contribution in [2.24, 2.45) is 0 Å². The number of anilines is 2. The number of amides is 2. The molecular formula is C15H23N3O2. The summed E-state index contributed by atoms with van der Waals surface area (Å²) in [5, 5.41) is 14.4. The van der Waals surface area contributed by atoms with E-state index >= 15 is 0 Å². The summed E-state index contributed by atoms with van der Waals surface area (Å²) in [5.41, 5.74) is 3.06. The zero-order valence-electron chi connectivity index (χ0n) is 12.1. The van der Waals surface area contributed by atoms with Crippen LogP contribution in [0.1, 0.15) is 25.3 Å². The molecule has 1 saturated heterocycles. The molecule has 2 amide bonds. The van der Waals surface area contributed by atoms with Crippen LogP contribution in [0.5, 0.6) is 0 Å². The Morgan fingerprint density at radius 1 is 1.40 bits per heavy atom. The van der Waals surface area contributed by atoms with Gasteiger partial charge in [-0.1, -0.05) is 0 Å². The number of carbonyl (C=O) groups excluding carboxylic acids is 1. The highest BCUT2D eigenvalue weighted by Gasteiger charge is 2.14. The van der Waals surface area contributed by atoms with E-state index in [1.807, 2.05) is 19.1 Å². The van der Waals surface area contributed by atoms with E-state index < -0.39 is 0 Å². The summed E-state index contributed by atoms with van der Waals surface area (Å²) in [6.07, 6.45) is 2.50. The fraction of sp³-hybridized carbons (Fsp3) is 0.533. The van der Waals surface area contributed by atoms with Crippen LogP contribution in [0.3, 0.4) is 0 Å². The van der Waals surface area contributed by atoms with Gasteiger partial charge in [0.25, 0.3) is 0 Å². The summed E-state index contributed by atoms with van der Waals surface area (Å²) in [5.74, 6) is 0. The minimum Gasteiger partial charge on any atom is -0.394 e. The van der Waals surface area contributed by atoms with Gasteiger partial charge in [0.05, 0.1) is 12.6 Å². The molecule has 0 aromatic heterocycles. The van der Waals surface area contributed by atoms with Crippen molar-refractivity contribution in [3.63, 3.8) is 0 Å². The largest absolute Gasteiger partial charge is 0.394 e. The number of hydrogen-bond donors (Lipinski definition) is 3. The number of hydrogen-bond acceptors (Lipinski definition) is 3. The molecule has 0 saturated carbocycles.